The van der Waals surface area contributed by atoms with Crippen molar-refractivity contribution in [2.24, 2.45) is 0 Å². The van der Waals surface area contributed by atoms with Crippen LogP contribution in [0.5, 0.6) is 5.75 Å². The lowest BCUT2D eigenvalue weighted by Gasteiger charge is -2.10. The molecule has 0 fully saturated rings. The molecule has 0 aliphatic rings. The minimum absolute atomic E-state index is 0.215. The lowest BCUT2D eigenvalue weighted by atomic mass is 10.3. The number of halogens is 4. The van der Waals surface area contributed by atoms with E-state index in [9.17, 15) is 13.2 Å². The molecule has 0 saturated heterocycles. The second kappa shape index (κ2) is 3.41. The van der Waals surface area contributed by atoms with Gasteiger partial charge in [-0.15, -0.1) is 0 Å². The number of methoxy groups -OCH3 is 1. The Kier molecular flexibility index (Phi) is 2.66. The molecule has 1 heterocycles. The lowest BCUT2D eigenvalue weighted by molar-refractivity contribution is -0.142. The molecule has 1 aromatic rings. The Balaban J connectivity index is 3.24. The SMILES string of the molecule is COc1ccc(Cl)nc1C(F)(F)F. The van der Waals surface area contributed by atoms with Crippen LogP contribution in [0.15, 0.2) is 12.1 Å². The molecular weight excluding hydrogens is 207 g/mol. The Morgan fingerprint density at radius 1 is 1.38 bits per heavy atom. The molecule has 0 bridgehead atoms. The second-order valence-electron chi connectivity index (χ2n) is 2.18. The van der Waals surface area contributed by atoms with E-state index in [0.717, 1.165) is 13.2 Å². The van der Waals surface area contributed by atoms with Crippen molar-refractivity contribution >= 4 is 11.6 Å². The van der Waals surface area contributed by atoms with E-state index in [4.69, 9.17) is 11.6 Å². The van der Waals surface area contributed by atoms with E-state index in [1.165, 1.54) is 6.07 Å². The maximum Gasteiger partial charge on any atom is 0.437 e. The standard InChI is InChI=1S/C7H5ClF3NO/c1-13-4-2-3-5(8)12-6(4)7(9,10)11/h2-3H,1H3. The van der Waals surface area contributed by atoms with Crippen LogP contribution in [-0.4, -0.2) is 12.1 Å². The summed E-state index contributed by atoms with van der Waals surface area (Å²) in [6, 6.07) is 2.35. The quantitative estimate of drug-likeness (QED) is 0.667. The summed E-state index contributed by atoms with van der Waals surface area (Å²) in [5.41, 5.74) is -1.11. The molecule has 0 amide bonds. The van der Waals surface area contributed by atoms with Crippen LogP contribution in [0.1, 0.15) is 5.69 Å². The number of pyridine rings is 1. The molecule has 0 aromatic carbocycles. The van der Waals surface area contributed by atoms with Crippen molar-refractivity contribution in [3.63, 3.8) is 0 Å². The molecule has 6 heteroatoms. The highest BCUT2D eigenvalue weighted by Gasteiger charge is 2.36. The average molecular weight is 212 g/mol. The van der Waals surface area contributed by atoms with Gasteiger partial charge >= 0.3 is 6.18 Å². The summed E-state index contributed by atoms with van der Waals surface area (Å²) in [5.74, 6) is -0.336. The number of hydrogen-bond donors (Lipinski definition) is 0. The average Bonchev–Trinajstić information content (AvgIpc) is 2.03. The van der Waals surface area contributed by atoms with Crippen molar-refractivity contribution in [1.29, 1.82) is 0 Å². The smallest absolute Gasteiger partial charge is 0.437 e. The van der Waals surface area contributed by atoms with Gasteiger partial charge in [0, 0.05) is 0 Å². The molecule has 0 aliphatic heterocycles. The third-order valence-corrected chi connectivity index (χ3v) is 1.52. The Labute approximate surface area is 77.3 Å². The summed E-state index contributed by atoms with van der Waals surface area (Å²) in [5, 5.41) is -0.215. The van der Waals surface area contributed by atoms with Crippen LogP contribution >= 0.6 is 11.6 Å². The van der Waals surface area contributed by atoms with Gasteiger partial charge in [0.05, 0.1) is 7.11 Å². The molecule has 0 aliphatic carbocycles. The number of hydrogen-bond acceptors (Lipinski definition) is 2. The number of alkyl halides is 3. The molecule has 1 rings (SSSR count). The van der Waals surface area contributed by atoms with E-state index >= 15 is 0 Å². The van der Waals surface area contributed by atoms with Gasteiger partial charge in [0.1, 0.15) is 10.9 Å². The van der Waals surface area contributed by atoms with Gasteiger partial charge in [-0.3, -0.25) is 0 Å². The first-order valence-corrected chi connectivity index (χ1v) is 3.60. The fraction of sp³-hybridized carbons (Fsp3) is 0.286. The summed E-state index contributed by atoms with van der Waals surface area (Å²) in [6.45, 7) is 0. The van der Waals surface area contributed by atoms with Gasteiger partial charge in [-0.2, -0.15) is 13.2 Å². The van der Waals surface area contributed by atoms with E-state index in [0.29, 0.717) is 0 Å². The Morgan fingerprint density at radius 3 is 2.46 bits per heavy atom. The second-order valence-corrected chi connectivity index (χ2v) is 2.57. The summed E-state index contributed by atoms with van der Waals surface area (Å²) < 4.78 is 41.1. The van der Waals surface area contributed by atoms with Crippen LogP contribution in [0.3, 0.4) is 0 Å². The Morgan fingerprint density at radius 2 is 2.00 bits per heavy atom. The Hall–Kier alpha value is -0.970. The maximum atomic E-state index is 12.2. The minimum Gasteiger partial charge on any atom is -0.494 e. The fourth-order valence-corrected chi connectivity index (χ4v) is 0.938. The maximum absolute atomic E-state index is 12.2. The van der Waals surface area contributed by atoms with Crippen LogP contribution < -0.4 is 4.74 Å². The molecule has 0 atom stereocenters. The first-order valence-electron chi connectivity index (χ1n) is 3.23. The summed E-state index contributed by atoms with van der Waals surface area (Å²) in [7, 11) is 1.14. The predicted molar refractivity (Wildman–Crippen MR) is 40.8 cm³/mol. The molecule has 0 saturated carbocycles. The summed E-state index contributed by atoms with van der Waals surface area (Å²) in [6.07, 6.45) is -4.55. The molecule has 0 radical (unpaired) electrons. The zero-order valence-electron chi connectivity index (χ0n) is 6.52. The molecule has 72 valence electrons. The van der Waals surface area contributed by atoms with Crippen LogP contribution in [0.4, 0.5) is 13.2 Å². The van der Waals surface area contributed by atoms with Gasteiger partial charge in [-0.25, -0.2) is 4.98 Å². The van der Waals surface area contributed by atoms with Crippen molar-refractivity contribution in [1.82, 2.24) is 4.98 Å². The number of nitrogens with zero attached hydrogens (tertiary/aromatic N) is 1. The first kappa shape index (κ1) is 10.1. The van der Waals surface area contributed by atoms with E-state index < -0.39 is 11.9 Å². The van der Waals surface area contributed by atoms with Crippen molar-refractivity contribution < 1.29 is 17.9 Å². The van der Waals surface area contributed by atoms with E-state index in [1.807, 2.05) is 0 Å². The molecule has 0 N–H and O–H groups in total. The lowest BCUT2D eigenvalue weighted by Crippen LogP contribution is -2.10. The Bertz CT molecular complexity index is 313. The largest absolute Gasteiger partial charge is 0.494 e. The molecule has 13 heavy (non-hydrogen) atoms. The number of rotatable bonds is 1. The van der Waals surface area contributed by atoms with Crippen molar-refractivity contribution in [2.45, 2.75) is 6.18 Å². The van der Waals surface area contributed by atoms with Gasteiger partial charge < -0.3 is 4.74 Å². The van der Waals surface area contributed by atoms with E-state index in [1.54, 1.807) is 0 Å². The topological polar surface area (TPSA) is 22.1 Å². The highest BCUT2D eigenvalue weighted by Crippen LogP contribution is 2.35. The van der Waals surface area contributed by atoms with Crippen LogP contribution in [0.25, 0.3) is 0 Å². The van der Waals surface area contributed by atoms with E-state index in [-0.39, 0.29) is 10.9 Å². The number of ether oxygens (including phenoxy) is 1. The highest BCUT2D eigenvalue weighted by molar-refractivity contribution is 6.29. The zero-order chi connectivity index (χ0) is 10.1. The molecule has 1 aromatic heterocycles. The van der Waals surface area contributed by atoms with Crippen molar-refractivity contribution in [2.75, 3.05) is 7.11 Å². The predicted octanol–water partition coefficient (Wildman–Crippen LogP) is 2.76. The fourth-order valence-electron chi connectivity index (χ4n) is 0.790. The third kappa shape index (κ3) is 2.24. The third-order valence-electron chi connectivity index (χ3n) is 1.31. The molecule has 0 spiro atoms. The van der Waals surface area contributed by atoms with Crippen LogP contribution in [0.2, 0.25) is 5.15 Å². The minimum atomic E-state index is -4.55. The van der Waals surface area contributed by atoms with Crippen molar-refractivity contribution in [3.05, 3.63) is 23.0 Å². The van der Waals surface area contributed by atoms with Crippen LogP contribution in [-0.2, 0) is 6.18 Å². The first-order chi connectivity index (χ1) is 5.95. The van der Waals surface area contributed by atoms with Crippen molar-refractivity contribution in [3.8, 4) is 5.75 Å². The zero-order valence-corrected chi connectivity index (χ0v) is 7.28. The van der Waals surface area contributed by atoms with Gasteiger partial charge in [0.25, 0.3) is 0 Å². The summed E-state index contributed by atoms with van der Waals surface area (Å²) >= 11 is 5.31. The molecular formula is C7H5ClF3NO. The van der Waals surface area contributed by atoms with E-state index in [2.05, 4.69) is 9.72 Å². The summed E-state index contributed by atoms with van der Waals surface area (Å²) in [4.78, 5) is 3.13. The monoisotopic (exact) mass is 211 g/mol. The van der Waals surface area contributed by atoms with Gasteiger partial charge in [-0.1, -0.05) is 11.6 Å². The molecule has 2 nitrogen and oxygen atoms in total. The highest BCUT2D eigenvalue weighted by atomic mass is 35.5. The molecule has 0 unspecified atom stereocenters. The van der Waals surface area contributed by atoms with Gasteiger partial charge in [0.2, 0.25) is 0 Å². The number of aromatic nitrogens is 1. The normalized spacial score (nSPS) is 11.5. The van der Waals surface area contributed by atoms with Gasteiger partial charge in [0.15, 0.2) is 5.69 Å². The van der Waals surface area contributed by atoms with Gasteiger partial charge in [-0.05, 0) is 12.1 Å². The van der Waals surface area contributed by atoms with Crippen LogP contribution in [0, 0.1) is 0 Å².